The van der Waals surface area contributed by atoms with E-state index in [4.69, 9.17) is 0 Å². The first kappa shape index (κ1) is 24.6. The number of unbranched alkanes of at least 4 members (excludes halogenated alkanes) is 1. The minimum atomic E-state index is -3.56. The summed E-state index contributed by atoms with van der Waals surface area (Å²) in [4.78, 5) is 12.6. The second kappa shape index (κ2) is 9.97. The normalized spacial score (nSPS) is 29.1. The summed E-state index contributed by atoms with van der Waals surface area (Å²) in [6.45, 7) is 4.75. The van der Waals surface area contributed by atoms with Gasteiger partial charge in [-0.05, 0) is 91.7 Å². The van der Waals surface area contributed by atoms with Gasteiger partial charge in [0.05, 0.1) is 11.9 Å². The first-order chi connectivity index (χ1) is 15.7. The second-order valence-electron chi connectivity index (χ2n) is 11.2. The summed E-state index contributed by atoms with van der Waals surface area (Å²) in [7, 11) is -3.56. The van der Waals surface area contributed by atoms with Crippen molar-refractivity contribution in [2.45, 2.75) is 83.5 Å². The third-order valence-electron chi connectivity index (χ3n) is 8.62. The van der Waals surface area contributed by atoms with Gasteiger partial charge in [-0.2, -0.15) is 0 Å². The molecule has 4 fully saturated rings. The van der Waals surface area contributed by atoms with Crippen molar-refractivity contribution in [3.8, 4) is 0 Å². The fourth-order valence-electron chi connectivity index (χ4n) is 7.23. The number of rotatable bonds is 11. The van der Waals surface area contributed by atoms with Gasteiger partial charge in [0.1, 0.15) is 6.54 Å². The number of hydrogen-bond donors (Lipinski definition) is 1. The summed E-state index contributed by atoms with van der Waals surface area (Å²) in [6.07, 6.45) is 13.7. The van der Waals surface area contributed by atoms with E-state index in [-0.39, 0.29) is 17.9 Å². The number of benzene rings is 1. The van der Waals surface area contributed by atoms with E-state index >= 15 is 0 Å². The van der Waals surface area contributed by atoms with Gasteiger partial charge >= 0.3 is 0 Å². The summed E-state index contributed by atoms with van der Waals surface area (Å²) in [5.41, 5.74) is 2.23. The average molecular weight is 475 g/mol. The lowest BCUT2D eigenvalue weighted by Crippen LogP contribution is -2.48. The third-order valence-corrected chi connectivity index (χ3v) is 9.77. The minimum absolute atomic E-state index is 0.167. The van der Waals surface area contributed by atoms with E-state index < -0.39 is 10.0 Å². The second-order valence-corrected chi connectivity index (χ2v) is 13.1. The molecule has 0 unspecified atom stereocenters. The highest BCUT2D eigenvalue weighted by molar-refractivity contribution is 7.92. The Morgan fingerprint density at radius 2 is 1.64 bits per heavy atom. The number of anilines is 1. The van der Waals surface area contributed by atoms with Crippen LogP contribution in [0, 0.1) is 23.7 Å². The Bertz CT molecular complexity index is 890. The highest BCUT2D eigenvalue weighted by Crippen LogP contribution is 2.60. The number of amides is 1. The van der Waals surface area contributed by atoms with Gasteiger partial charge in [-0.25, -0.2) is 8.42 Å². The first-order valence-electron chi connectivity index (χ1n) is 13.1. The van der Waals surface area contributed by atoms with Gasteiger partial charge in [0.25, 0.3) is 0 Å². The molecule has 4 aliphatic carbocycles. The fourth-order valence-corrected chi connectivity index (χ4v) is 8.09. The number of carbonyl (C=O) groups is 1. The number of hydrogen-bond acceptors (Lipinski definition) is 3. The predicted molar refractivity (Wildman–Crippen MR) is 135 cm³/mol. The molecule has 1 atom stereocenters. The molecule has 184 valence electrons. The van der Waals surface area contributed by atoms with Crippen molar-refractivity contribution < 1.29 is 13.2 Å². The van der Waals surface area contributed by atoms with Crippen molar-refractivity contribution >= 4 is 21.6 Å². The van der Waals surface area contributed by atoms with Gasteiger partial charge in [-0.15, -0.1) is 0 Å². The van der Waals surface area contributed by atoms with Crippen LogP contribution in [0.25, 0.3) is 0 Å². The standard InChI is InChI=1S/C27H42N2O3S/c1-4-6-7-20(5-2)18-28-26(30)19-29(33(3,31)32)25-10-8-24(9-11-25)27-15-21-12-22(16-27)14-23(13-21)17-27/h8-11,20-23H,4-7,12-19H2,1-3H3,(H,28,30)/t20-,21?,22?,23?,27?/m1/s1. The highest BCUT2D eigenvalue weighted by atomic mass is 32.2. The molecule has 1 N–H and O–H groups in total. The largest absolute Gasteiger partial charge is 0.354 e. The molecule has 1 aromatic carbocycles. The molecule has 0 aromatic heterocycles. The Morgan fingerprint density at radius 3 is 2.12 bits per heavy atom. The van der Waals surface area contributed by atoms with Gasteiger partial charge in [0.15, 0.2) is 0 Å². The van der Waals surface area contributed by atoms with Crippen LogP contribution in [0.15, 0.2) is 24.3 Å². The molecule has 0 heterocycles. The molecule has 4 bridgehead atoms. The van der Waals surface area contributed by atoms with Crippen LogP contribution in [0.3, 0.4) is 0 Å². The SMILES string of the molecule is CCCC[C@@H](CC)CNC(=O)CN(c1ccc(C23CC4CC(CC(C4)C2)C3)cc1)S(C)(=O)=O. The lowest BCUT2D eigenvalue weighted by Gasteiger charge is -2.57. The summed E-state index contributed by atoms with van der Waals surface area (Å²) in [6, 6.07) is 8.10. The van der Waals surface area contributed by atoms with Crippen LogP contribution in [-0.2, 0) is 20.2 Å². The molecule has 33 heavy (non-hydrogen) atoms. The Morgan fingerprint density at radius 1 is 1.06 bits per heavy atom. The quantitative estimate of drug-likeness (QED) is 0.476. The Hall–Kier alpha value is -1.56. The van der Waals surface area contributed by atoms with Crippen LogP contribution < -0.4 is 9.62 Å². The van der Waals surface area contributed by atoms with Crippen LogP contribution in [0.1, 0.15) is 83.6 Å². The monoisotopic (exact) mass is 474 g/mol. The smallest absolute Gasteiger partial charge is 0.240 e. The van der Waals surface area contributed by atoms with Crippen molar-refractivity contribution in [1.82, 2.24) is 5.32 Å². The van der Waals surface area contributed by atoms with Crippen molar-refractivity contribution in [3.63, 3.8) is 0 Å². The van der Waals surface area contributed by atoms with Crippen LogP contribution in [0.2, 0.25) is 0 Å². The van der Waals surface area contributed by atoms with E-state index in [1.807, 2.05) is 12.1 Å². The minimum Gasteiger partial charge on any atom is -0.354 e. The fraction of sp³-hybridized carbons (Fsp3) is 0.741. The summed E-state index contributed by atoms with van der Waals surface area (Å²) < 4.78 is 26.4. The zero-order valence-electron chi connectivity index (χ0n) is 20.7. The maximum Gasteiger partial charge on any atom is 0.240 e. The third kappa shape index (κ3) is 5.58. The molecule has 0 radical (unpaired) electrons. The van der Waals surface area contributed by atoms with Crippen molar-refractivity contribution in [3.05, 3.63) is 29.8 Å². The van der Waals surface area contributed by atoms with Gasteiger partial charge < -0.3 is 5.32 Å². The van der Waals surface area contributed by atoms with Crippen molar-refractivity contribution in [1.29, 1.82) is 0 Å². The van der Waals surface area contributed by atoms with Gasteiger partial charge in [0, 0.05) is 6.54 Å². The van der Waals surface area contributed by atoms with E-state index in [9.17, 15) is 13.2 Å². The highest BCUT2D eigenvalue weighted by Gasteiger charge is 2.51. The Kier molecular flexibility index (Phi) is 7.42. The van der Waals surface area contributed by atoms with Gasteiger partial charge in [-0.3, -0.25) is 9.10 Å². The predicted octanol–water partition coefficient (Wildman–Crippen LogP) is 5.25. The number of sulfonamides is 1. The van der Waals surface area contributed by atoms with E-state index in [1.54, 1.807) is 0 Å². The molecular formula is C27H42N2O3S. The maximum atomic E-state index is 12.6. The Balaban J connectivity index is 1.43. The van der Waals surface area contributed by atoms with Crippen molar-refractivity contribution in [2.75, 3.05) is 23.7 Å². The molecule has 5 rings (SSSR count). The maximum absolute atomic E-state index is 12.6. The molecule has 4 saturated carbocycles. The van der Waals surface area contributed by atoms with Crippen LogP contribution in [0.5, 0.6) is 0 Å². The molecule has 6 heteroatoms. The zero-order chi connectivity index (χ0) is 23.6. The molecule has 5 nitrogen and oxygen atoms in total. The van der Waals surface area contributed by atoms with Crippen LogP contribution in [-0.4, -0.2) is 33.7 Å². The van der Waals surface area contributed by atoms with Crippen molar-refractivity contribution in [2.24, 2.45) is 23.7 Å². The molecular weight excluding hydrogens is 432 g/mol. The van der Waals surface area contributed by atoms with Gasteiger partial charge in [0.2, 0.25) is 15.9 Å². The Labute approximate surface area is 200 Å². The molecule has 0 saturated heterocycles. The van der Waals surface area contributed by atoms with E-state index in [0.29, 0.717) is 18.2 Å². The molecule has 0 spiro atoms. The molecule has 4 aliphatic rings. The summed E-state index contributed by atoms with van der Waals surface area (Å²) in [5.74, 6) is 2.82. The average Bonchev–Trinajstić information content (AvgIpc) is 2.76. The number of nitrogens with one attached hydrogen (secondary N) is 1. The van der Waals surface area contributed by atoms with E-state index in [1.165, 1.54) is 54.6 Å². The van der Waals surface area contributed by atoms with Crippen LogP contribution in [0.4, 0.5) is 5.69 Å². The molecule has 0 aliphatic heterocycles. The zero-order valence-corrected chi connectivity index (χ0v) is 21.5. The molecule has 1 amide bonds. The summed E-state index contributed by atoms with van der Waals surface area (Å²) >= 11 is 0. The first-order valence-corrected chi connectivity index (χ1v) is 14.9. The lowest BCUT2D eigenvalue weighted by atomic mass is 9.48. The van der Waals surface area contributed by atoms with E-state index in [2.05, 4.69) is 31.3 Å². The lowest BCUT2D eigenvalue weighted by molar-refractivity contribution is -0.119. The number of nitrogens with zero attached hydrogens (tertiary/aromatic N) is 1. The van der Waals surface area contributed by atoms with Crippen LogP contribution >= 0.6 is 0 Å². The summed E-state index contributed by atoms with van der Waals surface area (Å²) in [5, 5.41) is 2.97. The van der Waals surface area contributed by atoms with E-state index in [0.717, 1.165) is 43.4 Å². The number of carbonyl (C=O) groups excluding carboxylic acids is 1. The topological polar surface area (TPSA) is 66.5 Å². The van der Waals surface area contributed by atoms with Gasteiger partial charge in [-0.1, -0.05) is 45.2 Å². The molecule has 1 aromatic rings.